The van der Waals surface area contributed by atoms with Crippen molar-refractivity contribution in [2.24, 2.45) is 0 Å². The quantitative estimate of drug-likeness (QED) is 0.503. The second kappa shape index (κ2) is 11.1. The highest BCUT2D eigenvalue weighted by Gasteiger charge is 2.19. The third-order valence-electron chi connectivity index (χ3n) is 3.65. The van der Waals surface area contributed by atoms with Crippen molar-refractivity contribution in [1.82, 2.24) is 10.2 Å². The van der Waals surface area contributed by atoms with Gasteiger partial charge in [-0.05, 0) is 18.6 Å². The Morgan fingerprint density at radius 1 is 1.19 bits per heavy atom. The molecule has 3 amide bonds. The van der Waals surface area contributed by atoms with Gasteiger partial charge >= 0.3 is 0 Å². The average molecular weight is 365 g/mol. The van der Waals surface area contributed by atoms with Crippen LogP contribution in [-0.4, -0.2) is 70.0 Å². The van der Waals surface area contributed by atoms with Crippen LogP contribution < -0.4 is 20.3 Å². The molecule has 0 aliphatic heterocycles. The number of rotatable bonds is 10. The van der Waals surface area contributed by atoms with E-state index in [1.54, 1.807) is 45.5 Å². The fraction of sp³-hybridized carbons (Fsp3) is 0.500. The predicted molar refractivity (Wildman–Crippen MR) is 99.2 cm³/mol. The number of nitrogens with one attached hydrogen (secondary N) is 3. The number of likely N-dealkylation sites (N-methyl/N-ethyl adjacent to an activating group) is 2. The highest BCUT2D eigenvalue weighted by molar-refractivity contribution is 5.94. The van der Waals surface area contributed by atoms with E-state index in [0.717, 1.165) is 11.3 Å². The highest BCUT2D eigenvalue weighted by Crippen LogP contribution is 2.16. The lowest BCUT2D eigenvalue weighted by atomic mass is 10.3. The molecule has 0 radical (unpaired) electrons. The van der Waals surface area contributed by atoms with Gasteiger partial charge in [-0.25, -0.2) is 0 Å². The second-order valence-electron chi connectivity index (χ2n) is 6.19. The third kappa shape index (κ3) is 7.98. The molecule has 8 heteroatoms. The van der Waals surface area contributed by atoms with Crippen molar-refractivity contribution < 1.29 is 24.0 Å². The first kappa shape index (κ1) is 21.4. The van der Waals surface area contributed by atoms with Gasteiger partial charge in [0.25, 0.3) is 11.8 Å². The summed E-state index contributed by atoms with van der Waals surface area (Å²) >= 11 is 0. The lowest BCUT2D eigenvalue weighted by Gasteiger charge is -2.19. The number of amides is 3. The molecule has 0 spiro atoms. The fourth-order valence-corrected chi connectivity index (χ4v) is 2.26. The number of carbonyl (C=O) groups excluding carboxylic acids is 3. The average Bonchev–Trinajstić information content (AvgIpc) is 2.59. The molecule has 144 valence electrons. The molecule has 1 aromatic rings. The number of carbonyl (C=O) groups is 3. The maximum atomic E-state index is 12.2. The number of hydrogen-bond acceptors (Lipinski definition) is 4. The van der Waals surface area contributed by atoms with E-state index in [9.17, 15) is 14.4 Å². The molecular weight excluding hydrogens is 336 g/mol. The van der Waals surface area contributed by atoms with E-state index in [1.165, 1.54) is 4.90 Å². The van der Waals surface area contributed by atoms with Gasteiger partial charge in [0.2, 0.25) is 5.91 Å². The molecule has 0 bridgehead atoms. The summed E-state index contributed by atoms with van der Waals surface area (Å²) in [5, 5.41) is 5.50. The largest absolute Gasteiger partial charge is 0.497 e. The summed E-state index contributed by atoms with van der Waals surface area (Å²) in [6.45, 7) is 2.90. The monoisotopic (exact) mass is 365 g/mol. The SMILES string of the molecule is CCCNC(=O)C[NH+](C)CC(=O)N(C)CC(=O)Nc1cccc(OC)c1. The zero-order chi connectivity index (χ0) is 19.5. The molecule has 1 atom stereocenters. The van der Waals surface area contributed by atoms with Crippen LogP contribution in [0, 0.1) is 0 Å². The van der Waals surface area contributed by atoms with Gasteiger partial charge in [-0.15, -0.1) is 0 Å². The number of methoxy groups -OCH3 is 1. The maximum absolute atomic E-state index is 12.2. The molecular formula is C18H29N4O4+. The molecule has 0 heterocycles. The summed E-state index contributed by atoms with van der Waals surface area (Å²) in [6.07, 6.45) is 0.870. The van der Waals surface area contributed by atoms with Crippen molar-refractivity contribution in [1.29, 1.82) is 0 Å². The fourth-order valence-electron chi connectivity index (χ4n) is 2.26. The van der Waals surface area contributed by atoms with E-state index in [1.807, 2.05) is 6.92 Å². The number of hydrogen-bond donors (Lipinski definition) is 3. The topological polar surface area (TPSA) is 92.2 Å². The Labute approximate surface area is 154 Å². The normalized spacial score (nSPS) is 11.4. The lowest BCUT2D eigenvalue weighted by molar-refractivity contribution is -0.862. The van der Waals surface area contributed by atoms with Gasteiger partial charge in [0.1, 0.15) is 5.75 Å². The molecule has 1 aromatic carbocycles. The second-order valence-corrected chi connectivity index (χ2v) is 6.19. The number of anilines is 1. The van der Waals surface area contributed by atoms with Gasteiger partial charge in [-0.1, -0.05) is 13.0 Å². The first-order valence-electron chi connectivity index (χ1n) is 8.61. The number of benzene rings is 1. The van der Waals surface area contributed by atoms with Crippen LogP contribution in [0.15, 0.2) is 24.3 Å². The molecule has 0 aromatic heterocycles. The molecule has 26 heavy (non-hydrogen) atoms. The summed E-state index contributed by atoms with van der Waals surface area (Å²) in [7, 11) is 4.89. The van der Waals surface area contributed by atoms with E-state index >= 15 is 0 Å². The van der Waals surface area contributed by atoms with Gasteiger partial charge < -0.3 is 25.2 Å². The van der Waals surface area contributed by atoms with Gasteiger partial charge in [-0.2, -0.15) is 0 Å². The van der Waals surface area contributed by atoms with Gasteiger partial charge in [0.15, 0.2) is 13.1 Å². The summed E-state index contributed by atoms with van der Waals surface area (Å²) in [5.41, 5.74) is 0.602. The Bertz CT molecular complexity index is 621. The summed E-state index contributed by atoms with van der Waals surface area (Å²) in [5.74, 6) is 0.0494. The maximum Gasteiger partial charge on any atom is 0.277 e. The van der Waals surface area contributed by atoms with Crippen LogP contribution in [0.2, 0.25) is 0 Å². The van der Waals surface area contributed by atoms with E-state index in [-0.39, 0.29) is 37.4 Å². The molecule has 0 saturated carbocycles. The summed E-state index contributed by atoms with van der Waals surface area (Å²) < 4.78 is 5.10. The van der Waals surface area contributed by atoms with Crippen molar-refractivity contribution in [3.8, 4) is 5.75 Å². The van der Waals surface area contributed by atoms with Crippen molar-refractivity contribution >= 4 is 23.4 Å². The predicted octanol–water partition coefficient (Wildman–Crippen LogP) is -0.867. The molecule has 0 fully saturated rings. The Balaban J connectivity index is 2.42. The summed E-state index contributed by atoms with van der Waals surface area (Å²) in [4.78, 5) is 38.1. The molecule has 1 rings (SSSR count). The minimum absolute atomic E-state index is 0.0641. The van der Waals surface area contributed by atoms with Crippen LogP contribution in [0.5, 0.6) is 5.75 Å². The Hall–Kier alpha value is -2.61. The first-order valence-corrected chi connectivity index (χ1v) is 8.61. The molecule has 0 saturated heterocycles. The molecule has 8 nitrogen and oxygen atoms in total. The van der Waals surface area contributed by atoms with Crippen LogP contribution in [0.3, 0.4) is 0 Å². The Morgan fingerprint density at radius 3 is 2.58 bits per heavy atom. The number of nitrogens with zero attached hydrogens (tertiary/aromatic N) is 1. The number of ether oxygens (including phenoxy) is 1. The smallest absolute Gasteiger partial charge is 0.277 e. The molecule has 0 aliphatic rings. The van der Waals surface area contributed by atoms with E-state index in [4.69, 9.17) is 4.74 Å². The van der Waals surface area contributed by atoms with Crippen LogP contribution in [0.4, 0.5) is 5.69 Å². The standard InChI is InChI=1S/C18H28N4O4/c1-5-9-19-16(23)11-21(2)13-18(25)22(3)12-17(24)20-14-7-6-8-15(10-14)26-4/h6-8,10H,5,9,11-13H2,1-4H3,(H,19,23)(H,20,24)/p+1. The first-order chi connectivity index (χ1) is 12.3. The third-order valence-corrected chi connectivity index (χ3v) is 3.65. The van der Waals surface area contributed by atoms with Crippen LogP contribution in [-0.2, 0) is 14.4 Å². The summed E-state index contributed by atoms with van der Waals surface area (Å²) in [6, 6.07) is 6.99. The zero-order valence-electron chi connectivity index (χ0n) is 15.9. The van der Waals surface area contributed by atoms with Crippen molar-refractivity contribution in [3.05, 3.63) is 24.3 Å². The minimum Gasteiger partial charge on any atom is -0.497 e. The van der Waals surface area contributed by atoms with E-state index < -0.39 is 0 Å². The highest BCUT2D eigenvalue weighted by atomic mass is 16.5. The van der Waals surface area contributed by atoms with Crippen LogP contribution >= 0.6 is 0 Å². The van der Waals surface area contributed by atoms with Crippen molar-refractivity contribution in [2.75, 3.05) is 52.7 Å². The molecule has 0 aliphatic carbocycles. The van der Waals surface area contributed by atoms with Crippen molar-refractivity contribution in [3.63, 3.8) is 0 Å². The molecule has 1 unspecified atom stereocenters. The lowest BCUT2D eigenvalue weighted by Crippen LogP contribution is -3.11. The van der Waals surface area contributed by atoms with Crippen LogP contribution in [0.25, 0.3) is 0 Å². The zero-order valence-corrected chi connectivity index (χ0v) is 15.9. The van der Waals surface area contributed by atoms with Gasteiger partial charge in [0, 0.05) is 25.3 Å². The van der Waals surface area contributed by atoms with E-state index in [2.05, 4.69) is 10.6 Å². The van der Waals surface area contributed by atoms with Crippen molar-refractivity contribution in [2.45, 2.75) is 13.3 Å². The van der Waals surface area contributed by atoms with Gasteiger partial charge in [0.05, 0.1) is 20.7 Å². The van der Waals surface area contributed by atoms with Gasteiger partial charge in [-0.3, -0.25) is 14.4 Å². The number of quaternary nitrogens is 1. The Morgan fingerprint density at radius 2 is 1.92 bits per heavy atom. The minimum atomic E-state index is -0.299. The van der Waals surface area contributed by atoms with Crippen LogP contribution in [0.1, 0.15) is 13.3 Å². The molecule has 3 N–H and O–H groups in total. The Kier molecular flexibility index (Phi) is 9.14. The van der Waals surface area contributed by atoms with E-state index in [0.29, 0.717) is 18.0 Å².